The van der Waals surface area contributed by atoms with Crippen LogP contribution in [0.5, 0.6) is 0 Å². The average Bonchev–Trinajstić information content (AvgIpc) is 3.42. The molecule has 0 aliphatic heterocycles. The number of rotatable bonds is 13. The molecule has 10 heteroatoms. The fourth-order valence-electron chi connectivity index (χ4n) is 8.86. The van der Waals surface area contributed by atoms with Gasteiger partial charge in [-0.2, -0.15) is 26.3 Å². The minimum atomic E-state index is -4.53. The van der Waals surface area contributed by atoms with Gasteiger partial charge in [0.05, 0.1) is 5.56 Å². The van der Waals surface area contributed by atoms with Gasteiger partial charge in [-0.1, -0.05) is 109 Å². The van der Waals surface area contributed by atoms with Crippen LogP contribution in [-0.2, 0) is 58.1 Å². The Hall–Kier alpha value is -7.78. The minimum Gasteiger partial charge on any atom is -0.304 e. The van der Waals surface area contributed by atoms with Gasteiger partial charge in [-0.05, 0) is 122 Å². The van der Waals surface area contributed by atoms with Crippen LogP contribution in [0.4, 0.5) is 26.3 Å². The van der Waals surface area contributed by atoms with E-state index in [1.807, 2.05) is 109 Å². The third-order valence-corrected chi connectivity index (χ3v) is 12.6. The van der Waals surface area contributed by atoms with Gasteiger partial charge in [0, 0.05) is 24.2 Å². The van der Waals surface area contributed by atoms with E-state index < -0.39 is 23.5 Å². The third kappa shape index (κ3) is 12.0. The van der Waals surface area contributed by atoms with Crippen LogP contribution in [0.25, 0.3) is 78.3 Å². The molecular formula is C63H42F6IrN3. The molecule has 73 heavy (non-hydrogen) atoms. The number of nitrogens with zero attached hydrogens (tertiary/aromatic N) is 3. The maximum Gasteiger partial charge on any atom is 3.00 e. The second-order valence-corrected chi connectivity index (χ2v) is 17.5. The van der Waals surface area contributed by atoms with E-state index >= 15 is 0 Å². The summed E-state index contributed by atoms with van der Waals surface area (Å²) >= 11 is 0. The van der Waals surface area contributed by atoms with Crippen LogP contribution >= 0.6 is 0 Å². The largest absolute Gasteiger partial charge is 3.00 e. The summed E-state index contributed by atoms with van der Waals surface area (Å²) in [5, 5.41) is 0. The summed E-state index contributed by atoms with van der Waals surface area (Å²) in [6.45, 7) is 0. The molecule has 7 aromatic carbocycles. The summed E-state index contributed by atoms with van der Waals surface area (Å²) < 4.78 is 81.9. The van der Waals surface area contributed by atoms with Crippen molar-refractivity contribution >= 4 is 0 Å². The summed E-state index contributed by atoms with van der Waals surface area (Å²) in [6.07, 6.45) is -0.458. The fraction of sp³-hybridized carbons (Fsp3) is 0.0952. The van der Waals surface area contributed by atoms with Crippen molar-refractivity contribution in [2.75, 3.05) is 0 Å². The zero-order valence-electron chi connectivity index (χ0n) is 38.9. The number of aryl methyl sites for hydroxylation is 4. The Morgan fingerprint density at radius 2 is 0.890 bits per heavy atom. The summed E-state index contributed by atoms with van der Waals surface area (Å²) in [7, 11) is 0. The van der Waals surface area contributed by atoms with Crippen LogP contribution in [0, 0.1) is 18.2 Å². The van der Waals surface area contributed by atoms with Crippen LogP contribution < -0.4 is 0 Å². The van der Waals surface area contributed by atoms with E-state index in [0.29, 0.717) is 22.4 Å². The van der Waals surface area contributed by atoms with Gasteiger partial charge in [0.15, 0.2) is 0 Å². The topological polar surface area (TPSA) is 38.7 Å². The minimum absolute atomic E-state index is 0. The summed E-state index contributed by atoms with van der Waals surface area (Å²) in [5.74, 6) is 0. The van der Waals surface area contributed by atoms with E-state index in [4.69, 9.17) is 15.0 Å². The molecule has 0 bridgehead atoms. The molecule has 3 nitrogen and oxygen atoms in total. The molecule has 10 aromatic rings. The molecule has 0 radical (unpaired) electrons. The Labute approximate surface area is 433 Å². The van der Waals surface area contributed by atoms with Crippen molar-refractivity contribution in [2.24, 2.45) is 0 Å². The predicted molar refractivity (Wildman–Crippen MR) is 272 cm³/mol. The van der Waals surface area contributed by atoms with Crippen LogP contribution in [0.1, 0.15) is 33.4 Å². The van der Waals surface area contributed by atoms with Gasteiger partial charge in [-0.15, -0.1) is 102 Å². The predicted octanol–water partition coefficient (Wildman–Crippen LogP) is 16.5. The van der Waals surface area contributed by atoms with Gasteiger partial charge in [-0.3, -0.25) is 0 Å². The van der Waals surface area contributed by atoms with Crippen molar-refractivity contribution in [1.29, 1.82) is 0 Å². The van der Waals surface area contributed by atoms with Crippen molar-refractivity contribution in [3.63, 3.8) is 0 Å². The molecule has 0 saturated carbocycles. The summed E-state index contributed by atoms with van der Waals surface area (Å²) in [6, 6.07) is 65.3. The maximum atomic E-state index is 13.7. The second-order valence-electron chi connectivity index (χ2n) is 17.5. The number of alkyl halides is 6. The zero-order chi connectivity index (χ0) is 49.7. The maximum absolute atomic E-state index is 13.7. The Bertz CT molecular complexity index is 3350. The van der Waals surface area contributed by atoms with E-state index in [2.05, 4.69) is 54.6 Å². The van der Waals surface area contributed by atoms with E-state index in [1.54, 1.807) is 24.4 Å². The van der Waals surface area contributed by atoms with Gasteiger partial charge in [0.2, 0.25) is 0 Å². The van der Waals surface area contributed by atoms with Crippen molar-refractivity contribution in [1.82, 2.24) is 15.0 Å². The summed E-state index contributed by atoms with van der Waals surface area (Å²) in [5.41, 5.74) is 13.3. The normalized spacial score (nSPS) is 11.5. The molecule has 0 saturated heterocycles. The van der Waals surface area contributed by atoms with Crippen LogP contribution in [0.15, 0.2) is 207 Å². The Morgan fingerprint density at radius 1 is 0.342 bits per heavy atom. The Morgan fingerprint density at radius 3 is 1.42 bits per heavy atom. The smallest absolute Gasteiger partial charge is 0.304 e. The Balaban J connectivity index is 0.00000656. The number of hydrogen-bond acceptors (Lipinski definition) is 3. The molecule has 0 aliphatic carbocycles. The number of hydrogen-bond donors (Lipinski definition) is 0. The molecule has 0 fully saturated rings. The van der Waals surface area contributed by atoms with Gasteiger partial charge in [0.25, 0.3) is 0 Å². The molecule has 3 heterocycles. The first-order valence-electron chi connectivity index (χ1n) is 23.4. The van der Waals surface area contributed by atoms with Gasteiger partial charge in [-0.25, -0.2) is 0 Å². The van der Waals surface area contributed by atoms with E-state index in [9.17, 15) is 26.3 Å². The molecule has 0 aliphatic rings. The molecule has 0 amide bonds. The van der Waals surface area contributed by atoms with Crippen molar-refractivity contribution in [2.45, 2.75) is 38.0 Å². The number of halogens is 6. The van der Waals surface area contributed by atoms with Crippen LogP contribution in [0.3, 0.4) is 0 Å². The number of benzene rings is 7. The molecule has 360 valence electrons. The molecule has 0 unspecified atom stereocenters. The molecule has 0 N–H and O–H groups in total. The van der Waals surface area contributed by atoms with E-state index in [1.165, 1.54) is 12.1 Å². The zero-order valence-corrected chi connectivity index (χ0v) is 41.3. The van der Waals surface area contributed by atoms with E-state index in [0.717, 1.165) is 128 Å². The van der Waals surface area contributed by atoms with Gasteiger partial charge < -0.3 is 15.0 Å². The number of pyridine rings is 3. The van der Waals surface area contributed by atoms with Crippen molar-refractivity contribution in [3.8, 4) is 78.3 Å². The third-order valence-electron chi connectivity index (χ3n) is 12.6. The van der Waals surface area contributed by atoms with Gasteiger partial charge in [0.1, 0.15) is 0 Å². The SMILES string of the molecule is FC(F)(F)c1c[c-]c(-c2cc(-c3ccc(-c4cccc(C(F)(F)F)c4)cc3)c(-c3ccccc3-c3cc(CCc4ccc(-c5[c-]cccc5)nc4)cc(CCc4ccc(-c5[c-]cccc5)nc4)c3)cn2)cc1.[Ir+3]. The fourth-order valence-corrected chi connectivity index (χ4v) is 8.86. The van der Waals surface area contributed by atoms with E-state index in [-0.39, 0.29) is 20.1 Å². The van der Waals surface area contributed by atoms with Crippen LogP contribution in [-0.4, -0.2) is 15.0 Å². The molecular weight excluding hydrogens is 1100 g/mol. The van der Waals surface area contributed by atoms with Crippen molar-refractivity contribution in [3.05, 3.63) is 258 Å². The monoisotopic (exact) mass is 1150 g/mol. The Kier molecular flexibility index (Phi) is 15.1. The standard InChI is InChI=1S/C63H42F6N3.Ir/c64-62(65,66)53-30-28-50(29-31-53)61-38-57(47-26-24-46(25-27-47)51-14-9-15-54(37-51)63(67,68)69)58(41-72-61)56-17-8-7-16-55(56)52-35-44(20-18-42-22-32-59(70-39-42)48-10-3-1-4-11-48)34-45(36-52)21-19-43-23-33-60(71-40-43)49-12-5-2-6-13-49;/h1-10,12,14-17,22-28,30-41H,18-21H2;/q-3;+3. The first-order valence-corrected chi connectivity index (χ1v) is 23.4. The molecule has 3 aromatic heterocycles. The number of aromatic nitrogens is 3. The second kappa shape index (κ2) is 21.9. The first-order chi connectivity index (χ1) is 34.9. The van der Waals surface area contributed by atoms with Crippen molar-refractivity contribution < 1.29 is 46.4 Å². The first kappa shape index (κ1) is 50.2. The van der Waals surface area contributed by atoms with Gasteiger partial charge >= 0.3 is 32.5 Å². The quantitative estimate of drug-likeness (QED) is 0.0853. The average molecular weight is 1150 g/mol. The molecule has 0 spiro atoms. The van der Waals surface area contributed by atoms with Crippen LogP contribution in [0.2, 0.25) is 0 Å². The molecule has 10 rings (SSSR count). The molecule has 0 atom stereocenters. The summed E-state index contributed by atoms with van der Waals surface area (Å²) in [4.78, 5) is 14.3.